The van der Waals surface area contributed by atoms with Gasteiger partial charge in [0.2, 0.25) is 0 Å². The van der Waals surface area contributed by atoms with E-state index in [0.717, 1.165) is 49.1 Å². The van der Waals surface area contributed by atoms with Gasteiger partial charge in [-0.3, -0.25) is 0 Å². The first-order valence-electron chi connectivity index (χ1n) is 9.23. The first-order valence-corrected chi connectivity index (χ1v) is 9.23. The van der Waals surface area contributed by atoms with Crippen molar-refractivity contribution in [2.24, 2.45) is 4.99 Å². The zero-order valence-electron chi connectivity index (χ0n) is 16.3. The smallest absolute Gasteiger partial charge is 0.191 e. The second-order valence-electron chi connectivity index (χ2n) is 5.95. The van der Waals surface area contributed by atoms with E-state index in [0.29, 0.717) is 19.8 Å². The minimum absolute atomic E-state index is 0. The molecule has 6 nitrogen and oxygen atoms in total. The van der Waals surface area contributed by atoms with E-state index >= 15 is 0 Å². The van der Waals surface area contributed by atoms with Gasteiger partial charge in [-0.2, -0.15) is 0 Å². The lowest BCUT2D eigenvalue weighted by Crippen LogP contribution is -2.39. The fraction of sp³-hybridized carbons (Fsp3) is 0.632. The number of ether oxygens (including phenoxy) is 3. The molecule has 1 heterocycles. The molecule has 2 rings (SSSR count). The van der Waals surface area contributed by atoms with Crippen LogP contribution < -0.4 is 20.1 Å². The van der Waals surface area contributed by atoms with Crippen molar-refractivity contribution in [1.82, 2.24) is 10.6 Å². The number of hydrogen-bond donors (Lipinski definition) is 2. The number of fused-ring (bicyclic) bond motifs is 1. The van der Waals surface area contributed by atoms with Gasteiger partial charge in [0.05, 0.1) is 19.8 Å². The number of nitrogens with one attached hydrogen (secondary N) is 2. The van der Waals surface area contributed by atoms with Crippen LogP contribution in [0.1, 0.15) is 38.8 Å². The highest BCUT2D eigenvalue weighted by Gasteiger charge is 2.21. The molecule has 0 aliphatic carbocycles. The average Bonchev–Trinajstić information content (AvgIpc) is 2.95. The van der Waals surface area contributed by atoms with Gasteiger partial charge in [0.25, 0.3) is 0 Å². The van der Waals surface area contributed by atoms with Crippen molar-refractivity contribution in [3.63, 3.8) is 0 Å². The summed E-state index contributed by atoms with van der Waals surface area (Å²) in [5, 5.41) is 6.53. The average molecular weight is 477 g/mol. The highest BCUT2D eigenvalue weighted by Crippen LogP contribution is 2.35. The molecule has 26 heavy (non-hydrogen) atoms. The molecule has 0 saturated carbocycles. The minimum atomic E-state index is 0. The van der Waals surface area contributed by atoms with E-state index in [1.54, 1.807) is 0 Å². The number of aliphatic imine (C=N–C) groups is 1. The van der Waals surface area contributed by atoms with Crippen molar-refractivity contribution >= 4 is 29.9 Å². The van der Waals surface area contributed by atoms with Crippen molar-refractivity contribution in [2.45, 2.75) is 46.8 Å². The minimum Gasteiger partial charge on any atom is -0.494 e. The lowest BCUT2D eigenvalue weighted by Gasteiger charge is -2.14. The van der Waals surface area contributed by atoms with Gasteiger partial charge >= 0.3 is 0 Å². The zero-order valence-corrected chi connectivity index (χ0v) is 18.6. The third kappa shape index (κ3) is 6.83. The third-order valence-electron chi connectivity index (χ3n) is 3.87. The van der Waals surface area contributed by atoms with E-state index in [1.807, 2.05) is 13.8 Å². The molecular weight excluding hydrogens is 445 g/mol. The predicted molar refractivity (Wildman–Crippen MR) is 116 cm³/mol. The zero-order chi connectivity index (χ0) is 18.1. The number of hydrogen-bond acceptors (Lipinski definition) is 4. The summed E-state index contributed by atoms with van der Waals surface area (Å²) in [5.74, 6) is 2.63. The van der Waals surface area contributed by atoms with Crippen molar-refractivity contribution in [3.8, 4) is 11.5 Å². The summed E-state index contributed by atoms with van der Waals surface area (Å²) in [6.45, 7) is 12.2. The third-order valence-corrected chi connectivity index (χ3v) is 3.87. The summed E-state index contributed by atoms with van der Waals surface area (Å²) >= 11 is 0. The Labute approximate surface area is 174 Å². The van der Waals surface area contributed by atoms with Gasteiger partial charge < -0.3 is 24.8 Å². The molecule has 1 atom stereocenters. The SMILES string of the molecule is CCNC(=NCc1cc2c(cc1OCC)CC(C)O2)NCCOCC.I. The van der Waals surface area contributed by atoms with Gasteiger partial charge in [0, 0.05) is 37.2 Å². The van der Waals surface area contributed by atoms with Crippen molar-refractivity contribution < 1.29 is 14.2 Å². The Morgan fingerprint density at radius 3 is 2.73 bits per heavy atom. The Morgan fingerprint density at radius 2 is 2.04 bits per heavy atom. The van der Waals surface area contributed by atoms with Crippen LogP contribution in [0.25, 0.3) is 0 Å². The molecule has 0 amide bonds. The molecule has 0 fully saturated rings. The predicted octanol–water partition coefficient (Wildman–Crippen LogP) is 3.12. The maximum absolute atomic E-state index is 5.87. The van der Waals surface area contributed by atoms with Gasteiger partial charge in [0.15, 0.2) is 5.96 Å². The van der Waals surface area contributed by atoms with Crippen LogP contribution in [0.4, 0.5) is 0 Å². The van der Waals surface area contributed by atoms with Gasteiger partial charge in [-0.05, 0) is 39.8 Å². The van der Waals surface area contributed by atoms with Crippen LogP contribution in [0.5, 0.6) is 11.5 Å². The molecule has 1 aromatic rings. The van der Waals surface area contributed by atoms with Crippen LogP contribution in [-0.2, 0) is 17.7 Å². The second-order valence-corrected chi connectivity index (χ2v) is 5.95. The van der Waals surface area contributed by atoms with Crippen molar-refractivity contribution in [2.75, 3.05) is 32.9 Å². The molecule has 1 aromatic carbocycles. The summed E-state index contributed by atoms with van der Waals surface area (Å²) in [4.78, 5) is 4.67. The summed E-state index contributed by atoms with van der Waals surface area (Å²) in [7, 11) is 0. The molecular formula is C19H32IN3O3. The van der Waals surface area contributed by atoms with E-state index < -0.39 is 0 Å². The largest absolute Gasteiger partial charge is 0.494 e. The number of nitrogens with zero attached hydrogens (tertiary/aromatic N) is 1. The Bertz CT molecular complexity index is 581. The maximum atomic E-state index is 5.87. The topological polar surface area (TPSA) is 64.1 Å². The van der Waals surface area contributed by atoms with E-state index in [4.69, 9.17) is 14.2 Å². The first-order chi connectivity index (χ1) is 12.2. The van der Waals surface area contributed by atoms with Crippen LogP contribution in [0.15, 0.2) is 17.1 Å². The molecule has 0 radical (unpaired) electrons. The number of halogens is 1. The summed E-state index contributed by atoms with van der Waals surface area (Å²) in [6.07, 6.45) is 1.15. The molecule has 148 valence electrons. The quantitative estimate of drug-likeness (QED) is 0.248. The lowest BCUT2D eigenvalue weighted by molar-refractivity contribution is 0.152. The van der Waals surface area contributed by atoms with Crippen molar-refractivity contribution in [1.29, 1.82) is 0 Å². The standard InChI is InChI=1S/C19H31N3O3.HI/c1-5-20-19(21-8-9-23-6-2)22-13-16-12-18-15(10-14(4)25-18)11-17(16)24-7-3;/h11-12,14H,5-10,13H2,1-4H3,(H2,20,21,22);1H. The normalized spacial score (nSPS) is 15.7. The van der Waals surface area contributed by atoms with Gasteiger partial charge in [-0.1, -0.05) is 0 Å². The highest BCUT2D eigenvalue weighted by molar-refractivity contribution is 14.0. The molecule has 1 aliphatic heterocycles. The van der Waals surface area contributed by atoms with Gasteiger partial charge in [-0.25, -0.2) is 4.99 Å². The Balaban J connectivity index is 0.00000338. The van der Waals surface area contributed by atoms with Gasteiger partial charge in [0.1, 0.15) is 17.6 Å². The van der Waals surface area contributed by atoms with E-state index in [2.05, 4.69) is 41.6 Å². The van der Waals surface area contributed by atoms with Crippen LogP contribution >= 0.6 is 24.0 Å². The molecule has 1 aliphatic rings. The number of benzene rings is 1. The second kappa shape index (κ2) is 12.2. The molecule has 0 bridgehead atoms. The lowest BCUT2D eigenvalue weighted by atomic mass is 10.1. The van der Waals surface area contributed by atoms with Crippen LogP contribution in [0.2, 0.25) is 0 Å². The van der Waals surface area contributed by atoms with Crippen LogP contribution in [-0.4, -0.2) is 45.0 Å². The molecule has 0 saturated heterocycles. The van der Waals surface area contributed by atoms with Crippen molar-refractivity contribution in [3.05, 3.63) is 23.3 Å². The highest BCUT2D eigenvalue weighted by atomic mass is 127. The van der Waals surface area contributed by atoms with Crippen LogP contribution in [0.3, 0.4) is 0 Å². The fourth-order valence-electron chi connectivity index (χ4n) is 2.79. The number of guanidine groups is 1. The van der Waals surface area contributed by atoms with Gasteiger partial charge in [-0.15, -0.1) is 24.0 Å². The Hall–Kier alpha value is -1.22. The molecule has 2 N–H and O–H groups in total. The summed E-state index contributed by atoms with van der Waals surface area (Å²) in [5.41, 5.74) is 2.25. The first kappa shape index (κ1) is 22.8. The number of rotatable bonds is 9. The summed E-state index contributed by atoms with van der Waals surface area (Å²) < 4.78 is 17.0. The van der Waals surface area contributed by atoms with E-state index in [-0.39, 0.29) is 30.1 Å². The molecule has 1 unspecified atom stereocenters. The maximum Gasteiger partial charge on any atom is 0.191 e. The summed E-state index contributed by atoms with van der Waals surface area (Å²) in [6, 6.07) is 4.17. The monoisotopic (exact) mass is 477 g/mol. The van der Waals surface area contributed by atoms with E-state index in [9.17, 15) is 0 Å². The van der Waals surface area contributed by atoms with E-state index in [1.165, 1.54) is 5.56 Å². The Kier molecular flexibility index (Phi) is 10.7. The molecule has 7 heteroatoms. The molecule has 0 aromatic heterocycles. The van der Waals surface area contributed by atoms with Crippen LogP contribution in [0, 0.1) is 0 Å². The fourth-order valence-corrected chi connectivity index (χ4v) is 2.79. The molecule has 0 spiro atoms. The Morgan fingerprint density at radius 1 is 1.23 bits per heavy atom.